The van der Waals surface area contributed by atoms with Gasteiger partial charge in [-0.05, 0) is 60.2 Å². The SMILES string of the molecule is C1=CC2=C(CC1)c1c(n(-c3cncc(-c4cccnc4)c3)c3ccccc13)-c1ccccc1N2c1nccc2ccccc12. The van der Waals surface area contributed by atoms with Crippen molar-refractivity contribution in [2.24, 2.45) is 0 Å². The Hall–Kier alpha value is -5.81. The highest BCUT2D eigenvalue weighted by atomic mass is 15.2. The van der Waals surface area contributed by atoms with E-state index in [4.69, 9.17) is 9.97 Å². The molecule has 9 rings (SSSR count). The molecule has 0 atom stereocenters. The molecular weight excluding hydrogens is 538 g/mol. The van der Waals surface area contributed by atoms with E-state index in [9.17, 15) is 0 Å². The number of fused-ring (bicyclic) bond motifs is 7. The van der Waals surface area contributed by atoms with Crippen LogP contribution in [0, 0.1) is 0 Å². The summed E-state index contributed by atoms with van der Waals surface area (Å²) in [6, 6.07) is 34.4. The highest BCUT2D eigenvalue weighted by Gasteiger charge is 2.33. The number of benzene rings is 3. The quantitative estimate of drug-likeness (QED) is 0.214. The van der Waals surface area contributed by atoms with E-state index in [1.807, 2.05) is 30.9 Å². The van der Waals surface area contributed by atoms with Gasteiger partial charge in [0.1, 0.15) is 5.82 Å². The van der Waals surface area contributed by atoms with Crippen molar-refractivity contribution in [2.45, 2.75) is 12.8 Å². The average Bonchev–Trinajstić information content (AvgIpc) is 3.38. The summed E-state index contributed by atoms with van der Waals surface area (Å²) < 4.78 is 2.40. The van der Waals surface area contributed by atoms with Gasteiger partial charge in [0, 0.05) is 57.8 Å². The first-order valence-electron chi connectivity index (χ1n) is 15.0. The summed E-state index contributed by atoms with van der Waals surface area (Å²) in [7, 11) is 0. The van der Waals surface area contributed by atoms with Crippen molar-refractivity contribution in [1.82, 2.24) is 19.5 Å². The zero-order valence-electron chi connectivity index (χ0n) is 23.9. The van der Waals surface area contributed by atoms with Gasteiger partial charge in [-0.1, -0.05) is 72.8 Å². The van der Waals surface area contributed by atoms with Gasteiger partial charge >= 0.3 is 0 Å². The lowest BCUT2D eigenvalue weighted by Gasteiger charge is -2.29. The Morgan fingerprint density at radius 3 is 2.45 bits per heavy atom. The molecule has 0 radical (unpaired) electrons. The Balaban J connectivity index is 1.40. The fraction of sp³-hybridized carbons (Fsp3) is 0.0513. The van der Waals surface area contributed by atoms with E-state index in [0.29, 0.717) is 0 Å². The van der Waals surface area contributed by atoms with Gasteiger partial charge in [0.05, 0.1) is 34.5 Å². The molecule has 2 aliphatic rings. The number of aromatic nitrogens is 4. The smallest absolute Gasteiger partial charge is 0.145 e. The van der Waals surface area contributed by atoms with Crippen LogP contribution in [-0.4, -0.2) is 19.5 Å². The Morgan fingerprint density at radius 1 is 0.682 bits per heavy atom. The van der Waals surface area contributed by atoms with Gasteiger partial charge in [-0.15, -0.1) is 0 Å². The Morgan fingerprint density at radius 2 is 1.52 bits per heavy atom. The third kappa shape index (κ3) is 3.69. The van der Waals surface area contributed by atoms with Crippen molar-refractivity contribution < 1.29 is 0 Å². The van der Waals surface area contributed by atoms with Gasteiger partial charge in [-0.25, -0.2) is 4.98 Å². The molecule has 0 amide bonds. The van der Waals surface area contributed by atoms with E-state index in [2.05, 4.69) is 118 Å². The molecule has 0 saturated heterocycles. The lowest BCUT2D eigenvalue weighted by molar-refractivity contribution is 1.02. The first-order chi connectivity index (χ1) is 21.9. The molecule has 0 bridgehead atoms. The topological polar surface area (TPSA) is 46.8 Å². The third-order valence-electron chi connectivity index (χ3n) is 8.80. The van der Waals surface area contributed by atoms with Crippen molar-refractivity contribution in [1.29, 1.82) is 0 Å². The van der Waals surface area contributed by atoms with Gasteiger partial charge < -0.3 is 4.57 Å². The van der Waals surface area contributed by atoms with Gasteiger partial charge in [-0.2, -0.15) is 0 Å². The van der Waals surface area contributed by atoms with E-state index in [1.54, 1.807) is 6.20 Å². The fourth-order valence-electron chi connectivity index (χ4n) is 6.93. The number of hydrogen-bond acceptors (Lipinski definition) is 4. The molecule has 1 aliphatic carbocycles. The molecule has 3 aromatic carbocycles. The highest BCUT2D eigenvalue weighted by Crippen LogP contribution is 2.52. The predicted octanol–water partition coefficient (Wildman–Crippen LogP) is 9.52. The standard InChI is InChI=1S/C39H27N5/c1-2-12-30-26(10-1)19-21-42-39(30)44-35-17-7-4-14-32(35)37-31-13-3-6-16-34(31)43(38(37)33-15-5-8-18-36(33)44)29-22-28(24-41-25-29)27-11-9-20-40-23-27/h1-3,5-13,15-25H,4,14H2. The van der Waals surface area contributed by atoms with Gasteiger partial charge in [0.25, 0.3) is 0 Å². The zero-order chi connectivity index (χ0) is 29.0. The van der Waals surface area contributed by atoms with E-state index in [0.717, 1.165) is 57.6 Å². The van der Waals surface area contributed by atoms with Crippen LogP contribution in [0.15, 0.2) is 146 Å². The van der Waals surface area contributed by atoms with Crippen LogP contribution in [0.5, 0.6) is 0 Å². The molecule has 7 aromatic rings. The van der Waals surface area contributed by atoms with Gasteiger partial charge in [0.2, 0.25) is 0 Å². The molecule has 0 unspecified atom stereocenters. The normalized spacial score (nSPS) is 14.0. The molecule has 0 saturated carbocycles. The van der Waals surface area contributed by atoms with Crippen molar-refractivity contribution in [2.75, 3.05) is 4.90 Å². The summed E-state index contributed by atoms with van der Waals surface area (Å²) in [6.45, 7) is 0. The Bertz CT molecular complexity index is 2290. The van der Waals surface area contributed by atoms with E-state index >= 15 is 0 Å². The van der Waals surface area contributed by atoms with Crippen LogP contribution in [0.3, 0.4) is 0 Å². The van der Waals surface area contributed by atoms with Crippen LogP contribution in [0.4, 0.5) is 11.5 Å². The lowest BCUT2D eigenvalue weighted by Crippen LogP contribution is -2.19. The third-order valence-corrected chi connectivity index (χ3v) is 8.80. The van der Waals surface area contributed by atoms with Crippen molar-refractivity contribution >= 4 is 38.8 Å². The van der Waals surface area contributed by atoms with Crippen molar-refractivity contribution in [3.05, 3.63) is 151 Å². The number of anilines is 2. The van der Waals surface area contributed by atoms with Crippen LogP contribution >= 0.6 is 0 Å². The van der Waals surface area contributed by atoms with Crippen LogP contribution in [0.25, 0.3) is 55.3 Å². The number of nitrogens with zero attached hydrogens (tertiary/aromatic N) is 5. The van der Waals surface area contributed by atoms with Crippen LogP contribution < -0.4 is 4.90 Å². The number of allylic oxidation sites excluding steroid dienone is 3. The minimum atomic E-state index is 0.941. The predicted molar refractivity (Wildman–Crippen MR) is 179 cm³/mol. The summed E-state index contributed by atoms with van der Waals surface area (Å²) in [5, 5.41) is 3.54. The summed E-state index contributed by atoms with van der Waals surface area (Å²) in [5.74, 6) is 0.941. The molecule has 5 heterocycles. The lowest BCUT2D eigenvalue weighted by atomic mass is 9.92. The van der Waals surface area contributed by atoms with Crippen molar-refractivity contribution in [3.63, 3.8) is 0 Å². The maximum atomic E-state index is 5.03. The fourth-order valence-corrected chi connectivity index (χ4v) is 6.93. The first-order valence-corrected chi connectivity index (χ1v) is 15.0. The second kappa shape index (κ2) is 9.89. The Labute approximate surface area is 255 Å². The van der Waals surface area contributed by atoms with Gasteiger partial charge in [-0.3, -0.25) is 14.9 Å². The zero-order valence-corrected chi connectivity index (χ0v) is 23.9. The number of para-hydroxylation sites is 2. The van der Waals surface area contributed by atoms with Crippen LogP contribution in [-0.2, 0) is 0 Å². The van der Waals surface area contributed by atoms with E-state index in [-0.39, 0.29) is 0 Å². The summed E-state index contributed by atoms with van der Waals surface area (Å²) >= 11 is 0. The maximum absolute atomic E-state index is 5.03. The van der Waals surface area contributed by atoms with E-state index in [1.165, 1.54) is 33.3 Å². The minimum Gasteiger partial charge on any atom is -0.307 e. The number of pyridine rings is 3. The molecule has 44 heavy (non-hydrogen) atoms. The molecule has 0 fully saturated rings. The summed E-state index contributed by atoms with van der Waals surface area (Å²) in [5.41, 5.74) is 11.5. The summed E-state index contributed by atoms with van der Waals surface area (Å²) in [4.78, 5) is 16.5. The number of hydrogen-bond donors (Lipinski definition) is 0. The largest absolute Gasteiger partial charge is 0.307 e. The van der Waals surface area contributed by atoms with Crippen LogP contribution in [0.2, 0.25) is 0 Å². The molecular formula is C39H27N5. The molecule has 4 aromatic heterocycles. The molecule has 0 N–H and O–H groups in total. The van der Waals surface area contributed by atoms with E-state index < -0.39 is 0 Å². The molecule has 5 heteroatoms. The molecule has 208 valence electrons. The molecule has 1 aliphatic heterocycles. The van der Waals surface area contributed by atoms with Crippen molar-refractivity contribution in [3.8, 4) is 28.1 Å². The molecule has 0 spiro atoms. The summed E-state index contributed by atoms with van der Waals surface area (Å²) in [6.07, 6.45) is 16.0. The maximum Gasteiger partial charge on any atom is 0.145 e. The van der Waals surface area contributed by atoms with Gasteiger partial charge in [0.15, 0.2) is 0 Å². The second-order valence-corrected chi connectivity index (χ2v) is 11.3. The first kappa shape index (κ1) is 24.8. The molecule has 5 nitrogen and oxygen atoms in total. The monoisotopic (exact) mass is 565 g/mol. The Kier molecular flexibility index (Phi) is 5.56. The second-order valence-electron chi connectivity index (χ2n) is 11.3. The average molecular weight is 566 g/mol. The minimum absolute atomic E-state index is 0.941. The van der Waals surface area contributed by atoms with Crippen LogP contribution in [0.1, 0.15) is 18.4 Å². The highest BCUT2D eigenvalue weighted by molar-refractivity contribution is 6.09. The number of rotatable bonds is 3.